The van der Waals surface area contributed by atoms with Gasteiger partial charge in [-0.3, -0.25) is 4.99 Å². The lowest BCUT2D eigenvalue weighted by molar-refractivity contribution is -0.137. The second-order valence-corrected chi connectivity index (χ2v) is 7.12. The van der Waals surface area contributed by atoms with Gasteiger partial charge in [-0.05, 0) is 66.9 Å². The van der Waals surface area contributed by atoms with Crippen LogP contribution in [-0.2, 0) is 9.53 Å². The molecule has 2 aromatic carbocycles. The minimum absolute atomic E-state index is 0.334. The van der Waals surface area contributed by atoms with Gasteiger partial charge in [-0.25, -0.2) is 4.79 Å². The molecule has 2 rings (SSSR count). The van der Waals surface area contributed by atoms with Crippen molar-refractivity contribution in [2.24, 2.45) is 4.99 Å². The standard InChI is InChI=1S/C26H33NO3/c1-3-5-6-7-8-9-20-30-25-17-12-23(13-18-25)21-27-24-15-10-22(11-16-24)14-19-26(28)29-4-2/h10-19,21H,3-9,20H2,1-2H3. The van der Waals surface area contributed by atoms with Crippen LogP contribution < -0.4 is 4.74 Å². The van der Waals surface area contributed by atoms with Crippen LogP contribution in [0.4, 0.5) is 5.69 Å². The van der Waals surface area contributed by atoms with E-state index in [0.29, 0.717) is 6.61 Å². The molecular formula is C26H33NO3. The van der Waals surface area contributed by atoms with Crippen LogP contribution in [0.1, 0.15) is 63.5 Å². The SMILES string of the molecule is CCCCCCCCOc1ccc(C=Nc2ccc(C=CC(=O)OCC)cc2)cc1. The lowest BCUT2D eigenvalue weighted by Gasteiger charge is -2.06. The molecule has 0 bridgehead atoms. The summed E-state index contributed by atoms with van der Waals surface area (Å²) in [5, 5.41) is 0. The molecule has 0 amide bonds. The summed E-state index contributed by atoms with van der Waals surface area (Å²) < 4.78 is 10.7. The molecule has 0 aliphatic carbocycles. The van der Waals surface area contributed by atoms with Gasteiger partial charge in [-0.1, -0.05) is 51.2 Å². The fraction of sp³-hybridized carbons (Fsp3) is 0.385. The van der Waals surface area contributed by atoms with Gasteiger partial charge in [0.15, 0.2) is 0 Å². The van der Waals surface area contributed by atoms with Crippen LogP contribution in [0, 0.1) is 0 Å². The van der Waals surface area contributed by atoms with E-state index in [1.807, 2.05) is 54.7 Å². The molecule has 0 fully saturated rings. The molecule has 4 nitrogen and oxygen atoms in total. The molecule has 0 radical (unpaired) electrons. The van der Waals surface area contributed by atoms with E-state index in [9.17, 15) is 4.79 Å². The highest BCUT2D eigenvalue weighted by atomic mass is 16.5. The summed E-state index contributed by atoms with van der Waals surface area (Å²) in [7, 11) is 0. The molecule has 0 unspecified atom stereocenters. The van der Waals surface area contributed by atoms with Crippen molar-refractivity contribution in [2.45, 2.75) is 52.4 Å². The van der Waals surface area contributed by atoms with Gasteiger partial charge in [0.1, 0.15) is 5.75 Å². The Morgan fingerprint density at radius 3 is 2.23 bits per heavy atom. The molecule has 0 aliphatic rings. The number of carbonyl (C=O) groups excluding carboxylic acids is 1. The third kappa shape index (κ3) is 9.55. The van der Waals surface area contributed by atoms with Crippen LogP contribution in [0.2, 0.25) is 0 Å². The smallest absolute Gasteiger partial charge is 0.330 e. The summed E-state index contributed by atoms with van der Waals surface area (Å²) in [6.45, 7) is 5.18. The van der Waals surface area contributed by atoms with E-state index in [1.165, 1.54) is 38.2 Å². The Morgan fingerprint density at radius 1 is 0.867 bits per heavy atom. The van der Waals surface area contributed by atoms with Crippen molar-refractivity contribution < 1.29 is 14.3 Å². The Balaban J connectivity index is 1.76. The molecule has 0 aliphatic heterocycles. The van der Waals surface area contributed by atoms with E-state index in [0.717, 1.165) is 35.6 Å². The number of carbonyl (C=O) groups is 1. The number of rotatable bonds is 13. The quantitative estimate of drug-likeness (QED) is 0.160. The summed E-state index contributed by atoms with van der Waals surface area (Å²) in [5.74, 6) is 0.567. The minimum Gasteiger partial charge on any atom is -0.494 e. The van der Waals surface area contributed by atoms with Crippen LogP contribution in [0.15, 0.2) is 59.6 Å². The molecule has 2 aromatic rings. The first kappa shape index (κ1) is 23.4. The van der Waals surface area contributed by atoms with Gasteiger partial charge >= 0.3 is 5.97 Å². The van der Waals surface area contributed by atoms with E-state index in [2.05, 4.69) is 11.9 Å². The Hall–Kier alpha value is -2.88. The molecule has 0 saturated carbocycles. The molecule has 160 valence electrons. The van der Waals surface area contributed by atoms with Gasteiger partial charge in [-0.15, -0.1) is 0 Å². The molecule has 30 heavy (non-hydrogen) atoms. The largest absolute Gasteiger partial charge is 0.494 e. The minimum atomic E-state index is -0.334. The van der Waals surface area contributed by atoms with Crippen molar-refractivity contribution in [3.63, 3.8) is 0 Å². The summed E-state index contributed by atoms with van der Waals surface area (Å²) in [4.78, 5) is 15.8. The fourth-order valence-electron chi connectivity index (χ4n) is 2.90. The van der Waals surface area contributed by atoms with E-state index in [1.54, 1.807) is 13.0 Å². The summed E-state index contributed by atoms with van der Waals surface area (Å²) in [5.41, 5.74) is 2.80. The normalized spacial score (nSPS) is 11.3. The van der Waals surface area contributed by atoms with Crippen LogP contribution in [-0.4, -0.2) is 25.4 Å². The maximum absolute atomic E-state index is 11.3. The zero-order chi connectivity index (χ0) is 21.4. The van der Waals surface area contributed by atoms with Crippen LogP contribution in [0.5, 0.6) is 5.75 Å². The first-order valence-electron chi connectivity index (χ1n) is 10.9. The Morgan fingerprint density at radius 2 is 1.53 bits per heavy atom. The average molecular weight is 408 g/mol. The van der Waals surface area contributed by atoms with Crippen molar-refractivity contribution in [2.75, 3.05) is 13.2 Å². The predicted molar refractivity (Wildman–Crippen MR) is 125 cm³/mol. The average Bonchev–Trinajstić information content (AvgIpc) is 2.77. The first-order valence-corrected chi connectivity index (χ1v) is 10.9. The Labute approximate surface area is 180 Å². The Kier molecular flexibility index (Phi) is 11.0. The number of aliphatic imine (C=N–C) groups is 1. The van der Waals surface area contributed by atoms with Crippen LogP contribution in [0.25, 0.3) is 6.08 Å². The van der Waals surface area contributed by atoms with E-state index in [-0.39, 0.29) is 5.97 Å². The van der Waals surface area contributed by atoms with E-state index >= 15 is 0 Å². The zero-order valence-corrected chi connectivity index (χ0v) is 18.2. The molecule has 0 spiro atoms. The molecule has 0 saturated heterocycles. The van der Waals surface area contributed by atoms with Crippen molar-refractivity contribution in [3.05, 3.63) is 65.7 Å². The third-order valence-electron chi connectivity index (χ3n) is 4.60. The van der Waals surface area contributed by atoms with E-state index in [4.69, 9.17) is 9.47 Å². The number of hydrogen-bond donors (Lipinski definition) is 0. The van der Waals surface area contributed by atoms with Crippen molar-refractivity contribution in [1.29, 1.82) is 0 Å². The number of hydrogen-bond acceptors (Lipinski definition) is 4. The molecule has 0 atom stereocenters. The summed E-state index contributed by atoms with van der Waals surface area (Å²) in [6, 6.07) is 15.7. The number of ether oxygens (including phenoxy) is 2. The maximum Gasteiger partial charge on any atom is 0.330 e. The highest BCUT2D eigenvalue weighted by molar-refractivity contribution is 5.87. The zero-order valence-electron chi connectivity index (χ0n) is 18.2. The monoisotopic (exact) mass is 407 g/mol. The maximum atomic E-state index is 11.3. The number of unbranched alkanes of at least 4 members (excludes halogenated alkanes) is 5. The molecule has 0 N–H and O–H groups in total. The highest BCUT2D eigenvalue weighted by Crippen LogP contribution is 2.16. The molecule has 0 aromatic heterocycles. The van der Waals surface area contributed by atoms with Gasteiger partial charge in [0.2, 0.25) is 0 Å². The van der Waals surface area contributed by atoms with E-state index < -0.39 is 0 Å². The topological polar surface area (TPSA) is 47.9 Å². The van der Waals surface area contributed by atoms with Crippen molar-refractivity contribution in [1.82, 2.24) is 0 Å². The van der Waals surface area contributed by atoms with Crippen molar-refractivity contribution in [3.8, 4) is 5.75 Å². The van der Waals surface area contributed by atoms with Gasteiger partial charge in [0, 0.05) is 12.3 Å². The molecular weight excluding hydrogens is 374 g/mol. The van der Waals surface area contributed by atoms with Gasteiger partial charge < -0.3 is 9.47 Å². The number of nitrogens with zero attached hydrogens (tertiary/aromatic N) is 1. The number of benzene rings is 2. The lowest BCUT2D eigenvalue weighted by atomic mass is 10.1. The first-order chi connectivity index (χ1) is 14.7. The molecule has 4 heteroatoms. The number of esters is 1. The second-order valence-electron chi connectivity index (χ2n) is 7.12. The van der Waals surface area contributed by atoms with Crippen molar-refractivity contribution >= 4 is 23.9 Å². The highest BCUT2D eigenvalue weighted by Gasteiger charge is 1.97. The summed E-state index contributed by atoms with van der Waals surface area (Å²) in [6.07, 6.45) is 12.6. The van der Waals surface area contributed by atoms with Gasteiger partial charge in [0.05, 0.1) is 18.9 Å². The fourth-order valence-corrected chi connectivity index (χ4v) is 2.90. The molecule has 0 heterocycles. The summed E-state index contributed by atoms with van der Waals surface area (Å²) >= 11 is 0. The van der Waals surface area contributed by atoms with Crippen LogP contribution >= 0.6 is 0 Å². The third-order valence-corrected chi connectivity index (χ3v) is 4.60. The van der Waals surface area contributed by atoms with Crippen LogP contribution in [0.3, 0.4) is 0 Å². The lowest BCUT2D eigenvalue weighted by Crippen LogP contribution is -1.98. The van der Waals surface area contributed by atoms with Gasteiger partial charge in [0.25, 0.3) is 0 Å². The predicted octanol–water partition coefficient (Wildman–Crippen LogP) is 6.75. The van der Waals surface area contributed by atoms with Gasteiger partial charge in [-0.2, -0.15) is 0 Å². The second kappa shape index (κ2) is 14.2. The Bertz CT molecular complexity index is 792.